The molecule has 0 spiro atoms. The molecule has 3 rings (SSSR count). The van der Waals surface area contributed by atoms with E-state index in [-0.39, 0.29) is 19.1 Å². The number of hydrazone groups is 1. The number of carbonyl (C=O) groups excluding carboxylic acids is 3. The fourth-order valence-electron chi connectivity index (χ4n) is 3.31. The van der Waals surface area contributed by atoms with Crippen LogP contribution in [0.25, 0.3) is 0 Å². The lowest BCUT2D eigenvalue weighted by molar-refractivity contribution is -0.139. The third kappa shape index (κ3) is 8.61. The van der Waals surface area contributed by atoms with Gasteiger partial charge in [-0.3, -0.25) is 14.4 Å². The van der Waals surface area contributed by atoms with Crippen LogP contribution < -0.4 is 20.8 Å². The zero-order valence-electron chi connectivity index (χ0n) is 21.5. The Labute approximate surface area is 217 Å². The van der Waals surface area contributed by atoms with E-state index in [4.69, 9.17) is 4.74 Å². The molecule has 3 aromatic carbocycles. The number of benzene rings is 3. The lowest BCUT2D eigenvalue weighted by Crippen LogP contribution is -2.37. The highest BCUT2D eigenvalue weighted by molar-refractivity contribution is 6.35. The van der Waals surface area contributed by atoms with Crippen molar-refractivity contribution in [2.24, 2.45) is 5.10 Å². The van der Waals surface area contributed by atoms with Crippen molar-refractivity contribution < 1.29 is 19.1 Å². The maximum atomic E-state index is 12.1. The van der Waals surface area contributed by atoms with Crippen molar-refractivity contribution in [1.82, 2.24) is 10.7 Å². The van der Waals surface area contributed by atoms with Crippen LogP contribution in [-0.2, 0) is 20.9 Å². The predicted molar refractivity (Wildman–Crippen MR) is 145 cm³/mol. The van der Waals surface area contributed by atoms with Crippen molar-refractivity contribution in [3.63, 3.8) is 0 Å². The average molecular weight is 501 g/mol. The largest absolute Gasteiger partial charge is 0.484 e. The van der Waals surface area contributed by atoms with E-state index in [2.05, 4.69) is 35.0 Å². The van der Waals surface area contributed by atoms with Crippen LogP contribution in [0.5, 0.6) is 5.75 Å². The number of anilines is 1. The molecular weight excluding hydrogens is 468 g/mol. The molecule has 0 saturated carbocycles. The Hall–Kier alpha value is -4.46. The summed E-state index contributed by atoms with van der Waals surface area (Å²) >= 11 is 0. The van der Waals surface area contributed by atoms with Gasteiger partial charge in [-0.15, -0.1) is 0 Å². The molecule has 0 radical (unpaired) electrons. The Kier molecular flexibility index (Phi) is 9.55. The molecule has 0 unspecified atom stereocenters. The van der Waals surface area contributed by atoms with Crippen LogP contribution in [0.1, 0.15) is 47.6 Å². The Morgan fingerprint density at radius 1 is 0.892 bits per heavy atom. The molecule has 0 heterocycles. The first-order chi connectivity index (χ1) is 17.7. The van der Waals surface area contributed by atoms with Gasteiger partial charge in [0.1, 0.15) is 5.75 Å². The molecule has 8 nitrogen and oxygen atoms in total. The molecule has 0 saturated heterocycles. The maximum Gasteiger partial charge on any atom is 0.329 e. The molecule has 3 aromatic rings. The minimum absolute atomic E-state index is 0.132. The van der Waals surface area contributed by atoms with Gasteiger partial charge in [-0.05, 0) is 84.0 Å². The van der Waals surface area contributed by atoms with Crippen LogP contribution in [0.4, 0.5) is 5.69 Å². The second-order valence-corrected chi connectivity index (χ2v) is 8.98. The average Bonchev–Trinajstić information content (AvgIpc) is 2.89. The van der Waals surface area contributed by atoms with Gasteiger partial charge in [-0.1, -0.05) is 44.2 Å². The Morgan fingerprint density at radius 3 is 2.24 bits per heavy atom. The molecule has 8 heteroatoms. The molecule has 0 atom stereocenters. The molecule has 37 heavy (non-hydrogen) atoms. The topological polar surface area (TPSA) is 109 Å². The summed E-state index contributed by atoms with van der Waals surface area (Å²) in [4.78, 5) is 36.1. The van der Waals surface area contributed by atoms with Crippen LogP contribution in [0.15, 0.2) is 71.8 Å². The Bertz CT molecular complexity index is 1270. The monoisotopic (exact) mass is 500 g/mol. The molecule has 0 aromatic heterocycles. The van der Waals surface area contributed by atoms with Gasteiger partial charge in [0.05, 0.1) is 6.21 Å². The standard InChI is InChI=1S/C29H32N4O4/c1-19(2)24-10-6-22(7-11-24)16-30-28(35)29(36)33-31-17-23-8-13-26(14-9-23)37-18-27(34)32-25-12-5-20(3)21(4)15-25/h5-15,17,19H,16,18H2,1-4H3,(H,30,35)(H,32,34)(H,33,36)/b31-17-. The summed E-state index contributed by atoms with van der Waals surface area (Å²) in [5.74, 6) is -0.950. The minimum atomic E-state index is -0.857. The van der Waals surface area contributed by atoms with E-state index in [1.54, 1.807) is 24.3 Å². The van der Waals surface area contributed by atoms with E-state index < -0.39 is 11.8 Å². The lowest BCUT2D eigenvalue weighted by atomic mass is 10.0. The molecule has 3 amide bonds. The summed E-state index contributed by atoms with van der Waals surface area (Å²) in [6.45, 7) is 8.34. The first-order valence-corrected chi connectivity index (χ1v) is 12.0. The Morgan fingerprint density at radius 2 is 1.59 bits per heavy atom. The first-order valence-electron chi connectivity index (χ1n) is 12.0. The van der Waals surface area contributed by atoms with E-state index in [1.165, 1.54) is 11.8 Å². The van der Waals surface area contributed by atoms with Crippen molar-refractivity contribution in [2.45, 2.75) is 40.2 Å². The number of hydrogen-bond acceptors (Lipinski definition) is 5. The third-order valence-electron chi connectivity index (χ3n) is 5.73. The molecular formula is C29H32N4O4. The van der Waals surface area contributed by atoms with Gasteiger partial charge < -0.3 is 15.4 Å². The number of amides is 3. The van der Waals surface area contributed by atoms with Crippen LogP contribution in [0, 0.1) is 13.8 Å². The van der Waals surface area contributed by atoms with Gasteiger partial charge in [0.15, 0.2) is 6.61 Å². The van der Waals surface area contributed by atoms with Gasteiger partial charge in [-0.2, -0.15) is 5.10 Å². The van der Waals surface area contributed by atoms with Crippen molar-refractivity contribution in [3.05, 3.63) is 94.5 Å². The fraction of sp³-hybridized carbons (Fsp3) is 0.241. The molecule has 0 fully saturated rings. The normalized spacial score (nSPS) is 10.8. The summed E-state index contributed by atoms with van der Waals surface area (Å²) in [5.41, 5.74) is 7.98. The zero-order chi connectivity index (χ0) is 26.8. The number of ether oxygens (including phenoxy) is 1. The van der Waals surface area contributed by atoms with Crippen molar-refractivity contribution in [2.75, 3.05) is 11.9 Å². The zero-order valence-corrected chi connectivity index (χ0v) is 21.5. The molecule has 0 aliphatic carbocycles. The summed E-state index contributed by atoms with van der Waals surface area (Å²) in [7, 11) is 0. The summed E-state index contributed by atoms with van der Waals surface area (Å²) < 4.78 is 5.53. The van der Waals surface area contributed by atoms with Crippen molar-refractivity contribution >= 4 is 29.6 Å². The highest BCUT2D eigenvalue weighted by atomic mass is 16.5. The quantitative estimate of drug-likeness (QED) is 0.232. The second kappa shape index (κ2) is 13.0. The Balaban J connectivity index is 1.39. The van der Waals surface area contributed by atoms with Gasteiger partial charge in [-0.25, -0.2) is 5.43 Å². The number of rotatable bonds is 9. The number of carbonyl (C=O) groups is 3. The van der Waals surface area contributed by atoms with Gasteiger partial charge >= 0.3 is 11.8 Å². The molecule has 0 aliphatic rings. The number of nitrogens with zero attached hydrogens (tertiary/aromatic N) is 1. The van der Waals surface area contributed by atoms with Crippen LogP contribution in [-0.4, -0.2) is 30.5 Å². The van der Waals surface area contributed by atoms with Crippen LogP contribution in [0.2, 0.25) is 0 Å². The van der Waals surface area contributed by atoms with E-state index >= 15 is 0 Å². The first kappa shape index (κ1) is 27.1. The van der Waals surface area contributed by atoms with Crippen LogP contribution >= 0.6 is 0 Å². The minimum Gasteiger partial charge on any atom is -0.484 e. The third-order valence-corrected chi connectivity index (χ3v) is 5.73. The number of aryl methyl sites for hydroxylation is 2. The van der Waals surface area contributed by atoms with Gasteiger partial charge in [0, 0.05) is 12.2 Å². The molecule has 0 aliphatic heterocycles. The summed E-state index contributed by atoms with van der Waals surface area (Å²) in [6, 6.07) is 20.4. The maximum absolute atomic E-state index is 12.1. The predicted octanol–water partition coefficient (Wildman–Crippen LogP) is 4.21. The molecule has 0 bridgehead atoms. The van der Waals surface area contributed by atoms with E-state index in [0.717, 1.165) is 22.4 Å². The summed E-state index contributed by atoms with van der Waals surface area (Å²) in [5, 5.41) is 9.20. The van der Waals surface area contributed by atoms with Crippen LogP contribution in [0.3, 0.4) is 0 Å². The van der Waals surface area contributed by atoms with E-state index in [0.29, 0.717) is 17.2 Å². The smallest absolute Gasteiger partial charge is 0.329 e. The SMILES string of the molecule is Cc1ccc(NC(=O)COc2ccc(/C=N\NC(=O)C(=O)NCc3ccc(C(C)C)cc3)cc2)cc1C. The van der Waals surface area contributed by atoms with Gasteiger partial charge in [0.2, 0.25) is 0 Å². The van der Waals surface area contributed by atoms with Crippen molar-refractivity contribution in [3.8, 4) is 5.75 Å². The molecule has 3 N–H and O–H groups in total. The molecule has 192 valence electrons. The number of hydrogen-bond donors (Lipinski definition) is 3. The summed E-state index contributed by atoms with van der Waals surface area (Å²) in [6.07, 6.45) is 1.41. The fourth-order valence-corrected chi connectivity index (χ4v) is 3.31. The highest BCUT2D eigenvalue weighted by Gasteiger charge is 2.12. The van der Waals surface area contributed by atoms with E-state index in [9.17, 15) is 14.4 Å². The second-order valence-electron chi connectivity index (χ2n) is 8.98. The van der Waals surface area contributed by atoms with E-state index in [1.807, 2.05) is 56.3 Å². The van der Waals surface area contributed by atoms with Crippen molar-refractivity contribution in [1.29, 1.82) is 0 Å². The number of nitrogens with one attached hydrogen (secondary N) is 3. The highest BCUT2D eigenvalue weighted by Crippen LogP contribution is 2.16. The lowest BCUT2D eigenvalue weighted by Gasteiger charge is -2.09. The van der Waals surface area contributed by atoms with Gasteiger partial charge in [0.25, 0.3) is 5.91 Å².